The molecule has 5 nitrogen and oxygen atoms in total. The number of phenolic OH excluding ortho intramolecular Hbond substituents is 1. The van der Waals surface area contributed by atoms with Crippen molar-refractivity contribution in [3.63, 3.8) is 0 Å². The van der Waals surface area contributed by atoms with E-state index < -0.39 is 0 Å². The van der Waals surface area contributed by atoms with Gasteiger partial charge in [0, 0.05) is 13.0 Å². The molecule has 0 atom stereocenters. The zero-order valence-corrected chi connectivity index (χ0v) is 9.33. The summed E-state index contributed by atoms with van der Waals surface area (Å²) in [5, 5.41) is 12.1. The largest absolute Gasteiger partial charge is 0.507 e. The molecule has 2 N–H and O–H groups in total. The summed E-state index contributed by atoms with van der Waals surface area (Å²) in [6.45, 7) is 2.68. The number of benzene rings is 1. The monoisotopic (exact) mass is 223 g/mol. The summed E-state index contributed by atoms with van der Waals surface area (Å²) in [6, 6.07) is 2.68. The molecule has 0 unspecified atom stereocenters. The van der Waals surface area contributed by atoms with Crippen molar-refractivity contribution in [3.05, 3.63) is 17.7 Å². The van der Waals surface area contributed by atoms with Crippen molar-refractivity contribution in [1.29, 1.82) is 0 Å². The van der Waals surface area contributed by atoms with Crippen molar-refractivity contribution in [2.75, 3.05) is 12.4 Å². The fourth-order valence-corrected chi connectivity index (χ4v) is 1.31. The van der Waals surface area contributed by atoms with E-state index in [1.807, 2.05) is 0 Å². The lowest BCUT2D eigenvalue weighted by molar-refractivity contribution is -0.114. The van der Waals surface area contributed by atoms with Gasteiger partial charge in [-0.25, -0.2) is 0 Å². The summed E-state index contributed by atoms with van der Waals surface area (Å²) in [6.07, 6.45) is 0. The van der Waals surface area contributed by atoms with E-state index in [2.05, 4.69) is 5.32 Å². The third kappa shape index (κ3) is 2.50. The van der Waals surface area contributed by atoms with Crippen LogP contribution in [0.3, 0.4) is 0 Å². The minimum Gasteiger partial charge on any atom is -0.507 e. The highest BCUT2D eigenvalue weighted by Crippen LogP contribution is 2.32. The Morgan fingerprint density at radius 2 is 1.94 bits per heavy atom. The van der Waals surface area contributed by atoms with Gasteiger partial charge in [-0.2, -0.15) is 0 Å². The molecule has 1 rings (SSSR count). The first-order valence-electron chi connectivity index (χ1n) is 4.65. The van der Waals surface area contributed by atoms with Gasteiger partial charge in [0.1, 0.15) is 11.5 Å². The minimum absolute atomic E-state index is 0.143. The summed E-state index contributed by atoms with van der Waals surface area (Å²) in [7, 11) is 1.41. The summed E-state index contributed by atoms with van der Waals surface area (Å²) in [5.74, 6) is -0.429. The molecule has 0 saturated heterocycles. The molecule has 86 valence electrons. The number of phenols is 1. The molecule has 5 heteroatoms. The molecule has 1 amide bonds. The molecule has 0 fully saturated rings. The second-order valence-electron chi connectivity index (χ2n) is 3.31. The number of amides is 1. The molecule has 0 aliphatic carbocycles. The van der Waals surface area contributed by atoms with Gasteiger partial charge in [0.15, 0.2) is 5.78 Å². The second-order valence-corrected chi connectivity index (χ2v) is 3.31. The molecular formula is C11H13NO4. The predicted octanol–water partition coefficient (Wildman–Crippen LogP) is 1.56. The van der Waals surface area contributed by atoms with Crippen molar-refractivity contribution in [2.45, 2.75) is 13.8 Å². The Hall–Kier alpha value is -2.04. The highest BCUT2D eigenvalue weighted by Gasteiger charge is 2.13. The second kappa shape index (κ2) is 4.65. The standard InChI is InChI=1S/C11H13NO4/c1-6(13)8-4-9(12-7(2)14)11(16-3)5-10(8)15/h4-5,15H,1-3H3,(H,12,14). The molecule has 0 heterocycles. The number of ketones is 1. The smallest absolute Gasteiger partial charge is 0.221 e. The van der Waals surface area contributed by atoms with Crippen LogP contribution in [0, 0.1) is 0 Å². The summed E-state index contributed by atoms with van der Waals surface area (Å²) < 4.78 is 4.98. The molecule has 0 bridgehead atoms. The van der Waals surface area contributed by atoms with Crippen LogP contribution < -0.4 is 10.1 Å². The van der Waals surface area contributed by atoms with Crippen LogP contribution in [0.25, 0.3) is 0 Å². The van der Waals surface area contributed by atoms with Crippen molar-refractivity contribution in [1.82, 2.24) is 0 Å². The number of aromatic hydroxyl groups is 1. The fourth-order valence-electron chi connectivity index (χ4n) is 1.31. The Morgan fingerprint density at radius 3 is 2.38 bits per heavy atom. The number of ether oxygens (including phenoxy) is 1. The number of Topliss-reactive ketones (excluding diaryl/α,β-unsaturated/α-hetero) is 1. The lowest BCUT2D eigenvalue weighted by atomic mass is 10.1. The van der Waals surface area contributed by atoms with Gasteiger partial charge < -0.3 is 15.2 Å². The quantitative estimate of drug-likeness (QED) is 0.602. The molecule has 0 saturated carbocycles. The van der Waals surface area contributed by atoms with Gasteiger partial charge in [0.25, 0.3) is 0 Å². The zero-order valence-electron chi connectivity index (χ0n) is 9.33. The van der Waals surface area contributed by atoms with Gasteiger partial charge in [0.05, 0.1) is 18.4 Å². The number of anilines is 1. The lowest BCUT2D eigenvalue weighted by Crippen LogP contribution is -2.08. The highest BCUT2D eigenvalue weighted by atomic mass is 16.5. The minimum atomic E-state index is -0.285. The molecular weight excluding hydrogens is 210 g/mol. The normalized spacial score (nSPS) is 9.69. The Labute approximate surface area is 93.0 Å². The maximum Gasteiger partial charge on any atom is 0.221 e. The molecule has 0 aromatic heterocycles. The van der Waals surface area contributed by atoms with Gasteiger partial charge in [-0.05, 0) is 13.0 Å². The summed E-state index contributed by atoms with van der Waals surface area (Å²) >= 11 is 0. The van der Waals surface area contributed by atoms with Gasteiger partial charge in [-0.15, -0.1) is 0 Å². The predicted molar refractivity (Wildman–Crippen MR) is 59.0 cm³/mol. The van der Waals surface area contributed by atoms with Crippen molar-refractivity contribution in [3.8, 4) is 11.5 Å². The topological polar surface area (TPSA) is 75.6 Å². The van der Waals surface area contributed by atoms with Crippen LogP contribution in [0.5, 0.6) is 11.5 Å². The van der Waals surface area contributed by atoms with E-state index in [1.54, 1.807) is 0 Å². The number of hydrogen-bond donors (Lipinski definition) is 2. The van der Waals surface area contributed by atoms with Crippen molar-refractivity contribution in [2.24, 2.45) is 0 Å². The molecule has 0 aliphatic rings. The first kappa shape index (κ1) is 12.0. The molecule has 0 spiro atoms. The Kier molecular flexibility index (Phi) is 3.50. The first-order valence-corrected chi connectivity index (χ1v) is 4.65. The van der Waals surface area contributed by atoms with E-state index in [0.29, 0.717) is 11.4 Å². The Bertz CT molecular complexity index is 440. The van der Waals surface area contributed by atoms with Crippen LogP contribution in [0.15, 0.2) is 12.1 Å². The fraction of sp³-hybridized carbons (Fsp3) is 0.273. The highest BCUT2D eigenvalue weighted by molar-refractivity contribution is 6.00. The van der Waals surface area contributed by atoms with Crippen LogP contribution in [0.1, 0.15) is 24.2 Å². The molecule has 16 heavy (non-hydrogen) atoms. The summed E-state index contributed by atoms with van der Waals surface area (Å²) in [4.78, 5) is 22.1. The van der Waals surface area contributed by atoms with Crippen LogP contribution in [-0.2, 0) is 4.79 Å². The molecule has 0 aliphatic heterocycles. The van der Waals surface area contributed by atoms with Gasteiger partial charge >= 0.3 is 0 Å². The van der Waals surface area contributed by atoms with E-state index in [1.165, 1.54) is 33.1 Å². The van der Waals surface area contributed by atoms with Crippen LogP contribution in [0.4, 0.5) is 5.69 Å². The van der Waals surface area contributed by atoms with Gasteiger partial charge in [0.2, 0.25) is 5.91 Å². The van der Waals surface area contributed by atoms with Crippen LogP contribution in [-0.4, -0.2) is 23.9 Å². The maximum absolute atomic E-state index is 11.2. The van der Waals surface area contributed by atoms with Crippen LogP contribution >= 0.6 is 0 Å². The molecule has 1 aromatic rings. The first-order chi connectivity index (χ1) is 7.45. The third-order valence-corrected chi connectivity index (χ3v) is 2.01. The maximum atomic E-state index is 11.2. The number of methoxy groups -OCH3 is 1. The van der Waals surface area contributed by atoms with Gasteiger partial charge in [-0.3, -0.25) is 9.59 Å². The number of nitrogens with one attached hydrogen (secondary N) is 1. The van der Waals surface area contributed by atoms with E-state index in [-0.39, 0.29) is 23.0 Å². The van der Waals surface area contributed by atoms with E-state index in [0.717, 1.165) is 0 Å². The van der Waals surface area contributed by atoms with E-state index in [4.69, 9.17) is 4.74 Å². The third-order valence-electron chi connectivity index (χ3n) is 2.01. The zero-order chi connectivity index (χ0) is 12.3. The van der Waals surface area contributed by atoms with E-state index in [9.17, 15) is 14.7 Å². The SMILES string of the molecule is COc1cc(O)c(C(C)=O)cc1NC(C)=O. The number of carbonyl (C=O) groups is 2. The van der Waals surface area contributed by atoms with Crippen molar-refractivity contribution < 1.29 is 19.4 Å². The van der Waals surface area contributed by atoms with E-state index >= 15 is 0 Å². The Morgan fingerprint density at radius 1 is 1.31 bits per heavy atom. The number of rotatable bonds is 3. The summed E-state index contributed by atoms with van der Waals surface area (Å²) in [5.41, 5.74) is 0.502. The average Bonchev–Trinajstić information content (AvgIpc) is 2.18. The van der Waals surface area contributed by atoms with Crippen LogP contribution in [0.2, 0.25) is 0 Å². The van der Waals surface area contributed by atoms with Crippen molar-refractivity contribution >= 4 is 17.4 Å². The average molecular weight is 223 g/mol. The molecule has 0 radical (unpaired) electrons. The number of carbonyl (C=O) groups excluding carboxylic acids is 2. The lowest BCUT2D eigenvalue weighted by Gasteiger charge is -2.11. The number of hydrogen-bond acceptors (Lipinski definition) is 4. The van der Waals surface area contributed by atoms with Gasteiger partial charge in [-0.1, -0.05) is 0 Å². The molecule has 1 aromatic carbocycles. The Balaban J connectivity index is 3.28.